The molecule has 1 aliphatic carbocycles. The van der Waals surface area contributed by atoms with Crippen LogP contribution in [0.2, 0.25) is 5.02 Å². The number of nitrogens with zero attached hydrogens (tertiary/aromatic N) is 1. The van der Waals surface area contributed by atoms with Crippen LogP contribution in [0, 0.1) is 11.8 Å². The second-order valence-corrected chi connectivity index (χ2v) is 6.95. The quantitative estimate of drug-likeness (QED) is 0.767. The largest absolute Gasteiger partial charge is 0.303 e. The van der Waals surface area contributed by atoms with Crippen LogP contribution in [0.4, 0.5) is 0 Å². The second-order valence-electron chi connectivity index (χ2n) is 6.55. The summed E-state index contributed by atoms with van der Waals surface area (Å²) in [4.78, 5) is 14.8. The van der Waals surface area contributed by atoms with Crippen molar-refractivity contribution in [2.24, 2.45) is 11.8 Å². The molecule has 0 aromatic heterocycles. The summed E-state index contributed by atoms with van der Waals surface area (Å²) in [5, 5.41) is 0.577. The first-order chi connectivity index (χ1) is 10.2. The molecular formula is C18H24ClNO. The van der Waals surface area contributed by atoms with Gasteiger partial charge in [0.2, 0.25) is 0 Å². The number of halogens is 1. The molecule has 0 bridgehead atoms. The Bertz CT molecular complexity index is 502. The third kappa shape index (κ3) is 3.67. The molecule has 3 heteroatoms. The van der Waals surface area contributed by atoms with Crippen molar-refractivity contribution in [2.75, 3.05) is 19.6 Å². The fourth-order valence-corrected chi connectivity index (χ4v) is 4.20. The Labute approximate surface area is 132 Å². The molecule has 0 amide bonds. The summed E-state index contributed by atoms with van der Waals surface area (Å²) in [7, 11) is 0. The lowest BCUT2D eigenvalue weighted by Crippen LogP contribution is -2.42. The number of piperidine rings is 1. The van der Waals surface area contributed by atoms with Crippen LogP contribution in [0.1, 0.15) is 48.9 Å². The van der Waals surface area contributed by atoms with E-state index in [9.17, 15) is 4.79 Å². The van der Waals surface area contributed by atoms with E-state index in [-0.39, 0.29) is 5.78 Å². The zero-order chi connectivity index (χ0) is 14.7. The number of carbonyl (C=O) groups excluding carboxylic acids is 1. The number of hydrogen-bond donors (Lipinski definition) is 0. The van der Waals surface area contributed by atoms with Crippen molar-refractivity contribution in [3.8, 4) is 0 Å². The number of ketones is 1. The Balaban J connectivity index is 1.51. The minimum atomic E-state index is 0.173. The molecule has 0 N–H and O–H groups in total. The monoisotopic (exact) mass is 305 g/mol. The molecule has 114 valence electrons. The van der Waals surface area contributed by atoms with Crippen molar-refractivity contribution in [1.29, 1.82) is 0 Å². The molecule has 1 heterocycles. The molecular weight excluding hydrogens is 282 g/mol. The summed E-state index contributed by atoms with van der Waals surface area (Å²) in [6.07, 6.45) is 7.54. The normalized spacial score (nSPS) is 26.3. The van der Waals surface area contributed by atoms with Crippen molar-refractivity contribution in [3.05, 3.63) is 34.9 Å². The highest BCUT2D eigenvalue weighted by Gasteiger charge is 2.30. The molecule has 3 rings (SSSR count). The highest BCUT2D eigenvalue weighted by atomic mass is 35.5. The van der Waals surface area contributed by atoms with E-state index in [4.69, 9.17) is 11.6 Å². The van der Waals surface area contributed by atoms with E-state index in [1.54, 1.807) is 6.07 Å². The highest BCUT2D eigenvalue weighted by molar-refractivity contribution is 6.33. The van der Waals surface area contributed by atoms with Gasteiger partial charge in [-0.25, -0.2) is 0 Å². The van der Waals surface area contributed by atoms with Crippen molar-refractivity contribution in [1.82, 2.24) is 4.90 Å². The minimum Gasteiger partial charge on any atom is -0.303 e. The van der Waals surface area contributed by atoms with Crippen molar-refractivity contribution >= 4 is 17.4 Å². The van der Waals surface area contributed by atoms with Crippen LogP contribution in [-0.4, -0.2) is 30.3 Å². The summed E-state index contributed by atoms with van der Waals surface area (Å²) in [5.41, 5.74) is 0.673. The van der Waals surface area contributed by atoms with Gasteiger partial charge in [0.05, 0.1) is 5.02 Å². The van der Waals surface area contributed by atoms with Crippen LogP contribution in [0.15, 0.2) is 24.3 Å². The van der Waals surface area contributed by atoms with Gasteiger partial charge in [-0.3, -0.25) is 4.79 Å². The van der Waals surface area contributed by atoms with E-state index in [0.29, 0.717) is 17.0 Å². The Hall–Kier alpha value is -0.860. The summed E-state index contributed by atoms with van der Waals surface area (Å²) in [6.45, 7) is 3.24. The van der Waals surface area contributed by atoms with Crippen molar-refractivity contribution in [2.45, 2.75) is 38.5 Å². The maximum absolute atomic E-state index is 12.3. The number of carbonyl (C=O) groups is 1. The summed E-state index contributed by atoms with van der Waals surface area (Å²) < 4.78 is 0. The van der Waals surface area contributed by atoms with E-state index >= 15 is 0 Å². The number of Topliss-reactive ketones (excluding diaryl/α,β-unsaturated/α-hetero) is 1. The van der Waals surface area contributed by atoms with E-state index < -0.39 is 0 Å². The number of benzene rings is 1. The number of rotatable bonds is 4. The zero-order valence-electron chi connectivity index (χ0n) is 12.6. The number of hydrogen-bond acceptors (Lipinski definition) is 2. The molecule has 1 saturated carbocycles. The summed E-state index contributed by atoms with van der Waals surface area (Å²) in [6, 6.07) is 7.37. The van der Waals surface area contributed by atoms with Gasteiger partial charge in [0, 0.05) is 25.1 Å². The predicted octanol–water partition coefficient (Wildman–Crippen LogP) is 4.42. The standard InChI is InChI=1S/C18H24ClNO/c19-17-8-4-3-7-16(17)18(21)10-12-20-11-9-14-5-1-2-6-15(14)13-20/h3-4,7-8,14-15H,1-2,5-6,9-13H2. The second kappa shape index (κ2) is 6.93. The van der Waals surface area contributed by atoms with E-state index in [1.165, 1.54) is 38.6 Å². The minimum absolute atomic E-state index is 0.173. The fraction of sp³-hybridized carbons (Fsp3) is 0.611. The van der Waals surface area contributed by atoms with Crippen LogP contribution in [-0.2, 0) is 0 Å². The summed E-state index contributed by atoms with van der Waals surface area (Å²) >= 11 is 6.10. The average molecular weight is 306 g/mol. The van der Waals surface area contributed by atoms with Gasteiger partial charge in [0.1, 0.15) is 0 Å². The topological polar surface area (TPSA) is 20.3 Å². The molecule has 0 radical (unpaired) electrons. The Kier molecular flexibility index (Phi) is 4.97. The third-order valence-electron chi connectivity index (χ3n) is 5.20. The molecule has 2 fully saturated rings. The number of likely N-dealkylation sites (tertiary alicyclic amines) is 1. The fourth-order valence-electron chi connectivity index (χ4n) is 3.96. The lowest BCUT2D eigenvalue weighted by atomic mass is 9.75. The first-order valence-electron chi connectivity index (χ1n) is 8.24. The lowest BCUT2D eigenvalue weighted by molar-refractivity contribution is 0.0788. The molecule has 1 aliphatic heterocycles. The van der Waals surface area contributed by atoms with Gasteiger partial charge in [0.15, 0.2) is 5.78 Å². The van der Waals surface area contributed by atoms with Crippen molar-refractivity contribution < 1.29 is 4.79 Å². The highest BCUT2D eigenvalue weighted by Crippen LogP contribution is 2.36. The average Bonchev–Trinajstić information content (AvgIpc) is 2.53. The molecule has 2 unspecified atom stereocenters. The van der Waals surface area contributed by atoms with Crippen molar-refractivity contribution in [3.63, 3.8) is 0 Å². The summed E-state index contributed by atoms with van der Waals surface area (Å²) in [5.74, 6) is 2.00. The van der Waals surface area contributed by atoms with Gasteiger partial charge in [-0.2, -0.15) is 0 Å². The SMILES string of the molecule is O=C(CCN1CCC2CCCCC2C1)c1ccccc1Cl. The molecule has 1 aromatic carbocycles. The molecule has 1 saturated heterocycles. The molecule has 2 aliphatic rings. The van der Waals surface area contributed by atoms with Gasteiger partial charge in [-0.15, -0.1) is 0 Å². The van der Waals surface area contributed by atoms with Gasteiger partial charge in [0.25, 0.3) is 0 Å². The smallest absolute Gasteiger partial charge is 0.165 e. The van der Waals surface area contributed by atoms with Crippen LogP contribution in [0.25, 0.3) is 0 Å². The maximum Gasteiger partial charge on any atom is 0.165 e. The lowest BCUT2D eigenvalue weighted by Gasteiger charge is -2.41. The molecule has 1 aromatic rings. The van der Waals surface area contributed by atoms with Crippen LogP contribution < -0.4 is 0 Å². The van der Waals surface area contributed by atoms with Gasteiger partial charge < -0.3 is 4.90 Å². The first kappa shape index (κ1) is 15.1. The van der Waals surface area contributed by atoms with Gasteiger partial charge in [-0.1, -0.05) is 43.0 Å². The van der Waals surface area contributed by atoms with Gasteiger partial charge in [-0.05, 0) is 43.4 Å². The molecule has 21 heavy (non-hydrogen) atoms. The van der Waals surface area contributed by atoms with E-state index in [2.05, 4.69) is 4.90 Å². The molecule has 2 nitrogen and oxygen atoms in total. The van der Waals surface area contributed by atoms with Crippen LogP contribution >= 0.6 is 11.6 Å². The number of fused-ring (bicyclic) bond motifs is 1. The Morgan fingerprint density at radius 1 is 1.14 bits per heavy atom. The van der Waals surface area contributed by atoms with E-state index in [1.807, 2.05) is 18.2 Å². The maximum atomic E-state index is 12.3. The van der Waals surface area contributed by atoms with Crippen LogP contribution in [0.5, 0.6) is 0 Å². The third-order valence-corrected chi connectivity index (χ3v) is 5.53. The van der Waals surface area contributed by atoms with E-state index in [0.717, 1.165) is 24.9 Å². The van der Waals surface area contributed by atoms with Crippen LogP contribution in [0.3, 0.4) is 0 Å². The Morgan fingerprint density at radius 3 is 2.71 bits per heavy atom. The van der Waals surface area contributed by atoms with Gasteiger partial charge >= 0.3 is 0 Å². The zero-order valence-corrected chi connectivity index (χ0v) is 13.3. The first-order valence-corrected chi connectivity index (χ1v) is 8.62. The predicted molar refractivity (Wildman–Crippen MR) is 86.9 cm³/mol. The Morgan fingerprint density at radius 2 is 1.90 bits per heavy atom. The molecule has 0 spiro atoms. The molecule has 2 atom stereocenters.